The van der Waals surface area contributed by atoms with E-state index in [4.69, 9.17) is 9.47 Å². The van der Waals surface area contributed by atoms with E-state index in [1.54, 1.807) is 0 Å². The second-order valence-corrected chi connectivity index (χ2v) is 3.40. The minimum atomic E-state index is -0.141. The zero-order valence-electron chi connectivity index (χ0n) is 8.75. The molecule has 1 rings (SSSR count). The van der Waals surface area contributed by atoms with Gasteiger partial charge in [0.2, 0.25) is 0 Å². The third-order valence-electron chi connectivity index (χ3n) is 2.03. The summed E-state index contributed by atoms with van der Waals surface area (Å²) >= 11 is 0. The molecule has 82 valence electrons. The van der Waals surface area contributed by atoms with Crippen LogP contribution in [0.1, 0.15) is 26.2 Å². The van der Waals surface area contributed by atoms with Gasteiger partial charge in [-0.25, -0.2) is 0 Å². The van der Waals surface area contributed by atoms with Gasteiger partial charge in [0.25, 0.3) is 0 Å². The Morgan fingerprint density at radius 1 is 1.43 bits per heavy atom. The normalized spacial score (nSPS) is 15.5. The molecule has 0 saturated heterocycles. The van der Waals surface area contributed by atoms with E-state index >= 15 is 0 Å². The summed E-state index contributed by atoms with van der Waals surface area (Å²) in [6.07, 6.45) is 2.96. The predicted molar refractivity (Wildman–Crippen MR) is 53.1 cm³/mol. The molecule has 0 aromatic rings. The molecule has 0 unspecified atom stereocenters. The minimum absolute atomic E-state index is 0.141. The zero-order valence-corrected chi connectivity index (χ0v) is 8.75. The van der Waals surface area contributed by atoms with Gasteiger partial charge in [0.1, 0.15) is 6.61 Å². The molecule has 0 heterocycles. The van der Waals surface area contributed by atoms with Crippen molar-refractivity contribution in [2.24, 2.45) is 0 Å². The summed E-state index contributed by atoms with van der Waals surface area (Å²) < 4.78 is 9.99. The van der Waals surface area contributed by atoms with Gasteiger partial charge < -0.3 is 14.8 Å². The second-order valence-electron chi connectivity index (χ2n) is 3.40. The van der Waals surface area contributed by atoms with Crippen LogP contribution in [-0.4, -0.2) is 38.4 Å². The molecular formula is C10H19NO3. The molecule has 0 spiro atoms. The summed E-state index contributed by atoms with van der Waals surface area (Å²) in [7, 11) is 0. The van der Waals surface area contributed by atoms with Crippen molar-refractivity contribution < 1.29 is 14.3 Å². The highest BCUT2D eigenvalue weighted by Gasteiger charge is 2.20. The van der Waals surface area contributed by atoms with E-state index in [0.29, 0.717) is 32.3 Å². The Morgan fingerprint density at radius 3 is 2.86 bits per heavy atom. The minimum Gasteiger partial charge on any atom is -0.463 e. The zero-order chi connectivity index (χ0) is 10.2. The van der Waals surface area contributed by atoms with E-state index in [1.165, 1.54) is 12.8 Å². The molecule has 1 saturated carbocycles. The highest BCUT2D eigenvalue weighted by molar-refractivity contribution is 5.69. The Kier molecular flexibility index (Phi) is 5.56. The smallest absolute Gasteiger partial charge is 0.307 e. The van der Waals surface area contributed by atoms with Gasteiger partial charge in [-0.2, -0.15) is 0 Å². The number of hydrogen-bond donors (Lipinski definition) is 1. The maximum Gasteiger partial charge on any atom is 0.307 e. The maximum absolute atomic E-state index is 11.1. The first-order valence-electron chi connectivity index (χ1n) is 5.29. The van der Waals surface area contributed by atoms with E-state index < -0.39 is 0 Å². The van der Waals surface area contributed by atoms with Crippen molar-refractivity contribution in [2.45, 2.75) is 32.2 Å². The average molecular weight is 201 g/mol. The fourth-order valence-corrected chi connectivity index (χ4v) is 1.10. The predicted octanol–water partition coefficient (Wildman–Crippen LogP) is 0.708. The van der Waals surface area contributed by atoms with Crippen LogP contribution in [0.25, 0.3) is 0 Å². The summed E-state index contributed by atoms with van der Waals surface area (Å²) in [6.45, 7) is 4.19. The maximum atomic E-state index is 11.1. The summed E-state index contributed by atoms with van der Waals surface area (Å²) in [5.74, 6) is -0.141. The van der Waals surface area contributed by atoms with Crippen LogP contribution in [0, 0.1) is 0 Å². The lowest BCUT2D eigenvalue weighted by atomic mass is 10.4. The molecule has 1 aliphatic carbocycles. The molecule has 0 radical (unpaired) electrons. The van der Waals surface area contributed by atoms with Crippen molar-refractivity contribution in [1.29, 1.82) is 0 Å². The van der Waals surface area contributed by atoms with Crippen LogP contribution in [0.2, 0.25) is 0 Å². The first-order valence-corrected chi connectivity index (χ1v) is 5.29. The Balaban J connectivity index is 1.82. The third kappa shape index (κ3) is 5.94. The van der Waals surface area contributed by atoms with Gasteiger partial charge in [0.05, 0.1) is 13.0 Å². The third-order valence-corrected chi connectivity index (χ3v) is 2.03. The van der Waals surface area contributed by atoms with Gasteiger partial charge in [-0.05, 0) is 19.8 Å². The van der Waals surface area contributed by atoms with Crippen molar-refractivity contribution in [2.75, 3.05) is 26.4 Å². The van der Waals surface area contributed by atoms with Crippen LogP contribution >= 0.6 is 0 Å². The highest BCUT2D eigenvalue weighted by atomic mass is 16.6. The molecule has 4 nitrogen and oxygen atoms in total. The Bertz CT molecular complexity index is 169. The fourth-order valence-electron chi connectivity index (χ4n) is 1.10. The van der Waals surface area contributed by atoms with E-state index in [-0.39, 0.29) is 5.97 Å². The number of carbonyl (C=O) groups is 1. The van der Waals surface area contributed by atoms with Crippen molar-refractivity contribution in [3.05, 3.63) is 0 Å². The lowest BCUT2D eigenvalue weighted by molar-refractivity contribution is -0.145. The van der Waals surface area contributed by atoms with Crippen LogP contribution in [-0.2, 0) is 14.3 Å². The summed E-state index contributed by atoms with van der Waals surface area (Å²) in [4.78, 5) is 11.1. The van der Waals surface area contributed by atoms with Crippen LogP contribution in [0.15, 0.2) is 0 Å². The van der Waals surface area contributed by atoms with Crippen molar-refractivity contribution in [3.63, 3.8) is 0 Å². The van der Waals surface area contributed by atoms with Crippen LogP contribution in [0.5, 0.6) is 0 Å². The SMILES string of the molecule is CCOCCOC(=O)CCNC1CC1. The Labute approximate surface area is 85.0 Å². The van der Waals surface area contributed by atoms with E-state index in [1.807, 2.05) is 6.92 Å². The molecule has 0 amide bonds. The lowest BCUT2D eigenvalue weighted by Gasteiger charge is -2.05. The van der Waals surface area contributed by atoms with Gasteiger partial charge in [-0.1, -0.05) is 0 Å². The van der Waals surface area contributed by atoms with Crippen LogP contribution in [0.3, 0.4) is 0 Å². The van der Waals surface area contributed by atoms with Crippen molar-refractivity contribution in [1.82, 2.24) is 5.32 Å². The average Bonchev–Trinajstić information content (AvgIpc) is 2.96. The monoisotopic (exact) mass is 201 g/mol. The number of esters is 1. The quantitative estimate of drug-likeness (QED) is 0.464. The molecule has 0 bridgehead atoms. The first kappa shape index (κ1) is 11.5. The number of hydrogen-bond acceptors (Lipinski definition) is 4. The molecule has 4 heteroatoms. The number of rotatable bonds is 8. The molecular weight excluding hydrogens is 182 g/mol. The van der Waals surface area contributed by atoms with Gasteiger partial charge in [0, 0.05) is 19.2 Å². The molecule has 1 N–H and O–H groups in total. The Morgan fingerprint density at radius 2 is 2.21 bits per heavy atom. The molecule has 1 fully saturated rings. The van der Waals surface area contributed by atoms with Gasteiger partial charge in [-0.15, -0.1) is 0 Å². The molecule has 0 aromatic carbocycles. The standard InChI is InChI=1S/C10H19NO3/c1-2-13-7-8-14-10(12)5-6-11-9-3-4-9/h9,11H,2-8H2,1H3. The Hall–Kier alpha value is -0.610. The van der Waals surface area contributed by atoms with E-state index in [9.17, 15) is 4.79 Å². The highest BCUT2D eigenvalue weighted by Crippen LogP contribution is 2.18. The van der Waals surface area contributed by atoms with Crippen molar-refractivity contribution >= 4 is 5.97 Å². The number of carbonyl (C=O) groups excluding carboxylic acids is 1. The summed E-state index contributed by atoms with van der Waals surface area (Å²) in [5, 5.41) is 3.26. The van der Waals surface area contributed by atoms with Gasteiger partial charge >= 0.3 is 5.97 Å². The van der Waals surface area contributed by atoms with Gasteiger partial charge in [-0.3, -0.25) is 4.79 Å². The number of nitrogens with one attached hydrogen (secondary N) is 1. The molecule has 1 aliphatic rings. The van der Waals surface area contributed by atoms with Gasteiger partial charge in [0.15, 0.2) is 0 Å². The molecule has 0 aromatic heterocycles. The summed E-state index contributed by atoms with van der Waals surface area (Å²) in [6, 6.07) is 0.659. The van der Waals surface area contributed by atoms with E-state index in [2.05, 4.69) is 5.32 Å². The lowest BCUT2D eigenvalue weighted by Crippen LogP contribution is -2.21. The first-order chi connectivity index (χ1) is 6.83. The van der Waals surface area contributed by atoms with Crippen LogP contribution < -0.4 is 5.32 Å². The van der Waals surface area contributed by atoms with Crippen molar-refractivity contribution in [3.8, 4) is 0 Å². The number of ether oxygens (including phenoxy) is 2. The largest absolute Gasteiger partial charge is 0.463 e. The van der Waals surface area contributed by atoms with Crippen LogP contribution in [0.4, 0.5) is 0 Å². The summed E-state index contributed by atoms with van der Waals surface area (Å²) in [5.41, 5.74) is 0. The topological polar surface area (TPSA) is 47.6 Å². The molecule has 0 aliphatic heterocycles. The molecule has 14 heavy (non-hydrogen) atoms. The molecule has 0 atom stereocenters. The van der Waals surface area contributed by atoms with E-state index in [0.717, 1.165) is 6.54 Å². The fraction of sp³-hybridized carbons (Fsp3) is 0.900. The second kappa shape index (κ2) is 6.79.